The van der Waals surface area contributed by atoms with Crippen molar-refractivity contribution in [3.63, 3.8) is 0 Å². The number of rotatable bonds is 7. The zero-order chi connectivity index (χ0) is 26.6. The number of aliphatic hydroxyl groups is 1. The van der Waals surface area contributed by atoms with Gasteiger partial charge in [-0.2, -0.15) is 12.6 Å². The van der Waals surface area contributed by atoms with Gasteiger partial charge in [0.05, 0.1) is 12.2 Å². The minimum Gasteiger partial charge on any atom is -0.441 e. The number of amides is 1. The first-order chi connectivity index (χ1) is 17.6. The zero-order valence-electron chi connectivity index (χ0n) is 21.9. The number of carbonyl (C=O) groups is 3. The van der Waals surface area contributed by atoms with Crippen LogP contribution in [0.4, 0.5) is 4.79 Å². The molecule has 0 radical (unpaired) electrons. The summed E-state index contributed by atoms with van der Waals surface area (Å²) in [4.78, 5) is 38.2. The molecule has 1 amide bonds. The summed E-state index contributed by atoms with van der Waals surface area (Å²) in [5.41, 5.74) is -1.28. The van der Waals surface area contributed by atoms with E-state index in [1.165, 1.54) is 0 Å². The molecule has 0 aromatic rings. The molecule has 0 aromatic carbocycles. The lowest BCUT2D eigenvalue weighted by atomic mass is 9.46. The highest BCUT2D eigenvalue weighted by Crippen LogP contribution is 2.69. The molecular formula is C28H39NO7S. The summed E-state index contributed by atoms with van der Waals surface area (Å²) in [6.45, 7) is 6.15. The Bertz CT molecular complexity index is 1030. The van der Waals surface area contributed by atoms with Crippen LogP contribution in [0, 0.1) is 28.6 Å². The highest BCUT2D eigenvalue weighted by Gasteiger charge is 2.75. The number of nitrogens with one attached hydrogen (secondary N) is 1. The predicted octanol–water partition coefficient (Wildman–Crippen LogP) is 3.38. The lowest BCUT2D eigenvalue weighted by Crippen LogP contribution is -2.63. The maximum absolute atomic E-state index is 14.0. The van der Waals surface area contributed by atoms with Gasteiger partial charge in [-0.25, -0.2) is 4.79 Å². The van der Waals surface area contributed by atoms with Gasteiger partial charge in [0.15, 0.2) is 24.3 Å². The number of Topliss-reactive ketones (excluding diaryl/α,β-unsaturated/α-hetero) is 1. The van der Waals surface area contributed by atoms with Crippen molar-refractivity contribution < 1.29 is 33.7 Å². The number of ketones is 2. The molecule has 3 saturated carbocycles. The van der Waals surface area contributed by atoms with Crippen LogP contribution in [0.25, 0.3) is 0 Å². The van der Waals surface area contributed by atoms with Gasteiger partial charge in [0, 0.05) is 29.0 Å². The van der Waals surface area contributed by atoms with Crippen LogP contribution in [0.1, 0.15) is 59.3 Å². The minimum atomic E-state index is -1.29. The molecule has 3 unspecified atom stereocenters. The van der Waals surface area contributed by atoms with E-state index in [0.29, 0.717) is 31.6 Å². The molecule has 204 valence electrons. The summed E-state index contributed by atoms with van der Waals surface area (Å²) in [6, 6.07) is 0. The molecule has 5 aliphatic rings. The molecular weight excluding hydrogens is 494 g/mol. The number of hydrogen-bond donors (Lipinski definition) is 3. The Labute approximate surface area is 224 Å². The molecule has 4 fully saturated rings. The van der Waals surface area contributed by atoms with E-state index in [9.17, 15) is 19.5 Å². The van der Waals surface area contributed by atoms with Gasteiger partial charge < -0.3 is 24.6 Å². The van der Waals surface area contributed by atoms with Gasteiger partial charge in [0.2, 0.25) is 5.78 Å². The number of hydrogen-bond acceptors (Lipinski definition) is 8. The first-order valence-electron chi connectivity index (χ1n) is 13.6. The lowest BCUT2D eigenvalue weighted by Gasteiger charge is -2.59. The molecule has 5 rings (SSSR count). The molecule has 9 heteroatoms. The van der Waals surface area contributed by atoms with Crippen molar-refractivity contribution in [2.24, 2.45) is 28.6 Å². The van der Waals surface area contributed by atoms with Crippen LogP contribution in [0.5, 0.6) is 0 Å². The van der Waals surface area contributed by atoms with Crippen molar-refractivity contribution in [2.75, 3.05) is 18.9 Å². The van der Waals surface area contributed by atoms with Crippen molar-refractivity contribution >= 4 is 30.3 Å². The van der Waals surface area contributed by atoms with Crippen molar-refractivity contribution in [3.05, 3.63) is 23.8 Å². The fourth-order valence-electron chi connectivity index (χ4n) is 8.45. The average molecular weight is 534 g/mol. The predicted molar refractivity (Wildman–Crippen MR) is 139 cm³/mol. The van der Waals surface area contributed by atoms with Crippen LogP contribution in [-0.4, -0.2) is 65.8 Å². The topological polar surface area (TPSA) is 111 Å². The van der Waals surface area contributed by atoms with E-state index in [2.05, 4.69) is 31.8 Å². The van der Waals surface area contributed by atoms with Crippen LogP contribution in [0.3, 0.4) is 0 Å². The Balaban J connectivity index is 1.47. The minimum absolute atomic E-state index is 0.00295. The van der Waals surface area contributed by atoms with Crippen molar-refractivity contribution in [1.29, 1.82) is 0 Å². The van der Waals surface area contributed by atoms with Crippen molar-refractivity contribution in [1.82, 2.24) is 5.32 Å². The standard InChI is InChI=1S/C28H39NO7S/c1-4-5-23-35-22-13-19-18-7-6-16-12-17(30)8-9-26(16,2)24(18)20(31)14-27(19,3)28(22,36-23)21(32)15-34-25(33)29-10-11-37/h8-9,12,18-20,22-24,31,37H,4-7,10-11,13-15H2,1-3H3,(H,29,33)/t18-,19?,20-,22+,23?,24?,26-,27-,28+/m0/s1. The van der Waals surface area contributed by atoms with E-state index < -0.39 is 47.6 Å². The summed E-state index contributed by atoms with van der Waals surface area (Å²) in [7, 11) is 0. The maximum Gasteiger partial charge on any atom is 0.407 e. The molecule has 2 N–H and O–H groups in total. The van der Waals surface area contributed by atoms with Gasteiger partial charge in [-0.1, -0.05) is 38.8 Å². The molecule has 1 saturated heterocycles. The number of fused-ring (bicyclic) bond motifs is 7. The van der Waals surface area contributed by atoms with Crippen LogP contribution < -0.4 is 5.32 Å². The quantitative estimate of drug-likeness (QED) is 0.430. The zero-order valence-corrected chi connectivity index (χ0v) is 22.8. The van der Waals surface area contributed by atoms with Crippen molar-refractivity contribution in [3.8, 4) is 0 Å². The molecule has 9 atom stereocenters. The third kappa shape index (κ3) is 4.03. The second-order valence-electron chi connectivity index (χ2n) is 11.8. The van der Waals surface area contributed by atoms with E-state index in [1.807, 2.05) is 13.0 Å². The highest BCUT2D eigenvalue weighted by molar-refractivity contribution is 7.80. The fourth-order valence-corrected chi connectivity index (χ4v) is 8.56. The second kappa shape index (κ2) is 9.81. The van der Waals surface area contributed by atoms with Gasteiger partial charge >= 0.3 is 6.09 Å². The molecule has 37 heavy (non-hydrogen) atoms. The summed E-state index contributed by atoms with van der Waals surface area (Å²) in [5, 5.41) is 14.3. The third-order valence-electron chi connectivity index (χ3n) is 9.94. The largest absolute Gasteiger partial charge is 0.441 e. The molecule has 1 heterocycles. The fraction of sp³-hybridized carbons (Fsp3) is 0.750. The van der Waals surface area contributed by atoms with E-state index in [-0.39, 0.29) is 29.3 Å². The maximum atomic E-state index is 14.0. The Kier molecular flexibility index (Phi) is 7.13. The van der Waals surface area contributed by atoms with Gasteiger partial charge in [0.1, 0.15) is 0 Å². The van der Waals surface area contributed by atoms with Crippen LogP contribution in [-0.2, 0) is 23.8 Å². The molecule has 8 nitrogen and oxygen atoms in total. The molecule has 0 bridgehead atoms. The summed E-state index contributed by atoms with van der Waals surface area (Å²) in [5.74, 6) is 0.321. The molecule has 0 aromatic heterocycles. The number of aliphatic hydroxyl groups excluding tert-OH is 1. The van der Waals surface area contributed by atoms with Crippen LogP contribution in [0.15, 0.2) is 23.8 Å². The van der Waals surface area contributed by atoms with Gasteiger partial charge in [-0.15, -0.1) is 0 Å². The number of alkyl carbamates (subject to hydrolysis) is 1. The SMILES string of the molecule is CCCC1O[C@@H]2CC3[C@@H]4CCC5=CC(=O)C=C[C@]5(C)C4[C@@H](O)C[C@]3(C)[C@]2(C(=O)COC(=O)NCCS)O1. The molecule has 0 spiro atoms. The number of carbonyl (C=O) groups excluding carboxylic acids is 3. The third-order valence-corrected chi connectivity index (χ3v) is 10.2. The number of ether oxygens (including phenoxy) is 3. The average Bonchev–Trinajstić information content (AvgIpc) is 3.33. The first kappa shape index (κ1) is 26.9. The Hall–Kier alpha value is -1.68. The Morgan fingerprint density at radius 1 is 1.32 bits per heavy atom. The van der Waals surface area contributed by atoms with E-state index in [0.717, 1.165) is 24.8 Å². The molecule has 4 aliphatic carbocycles. The first-order valence-corrected chi connectivity index (χ1v) is 14.2. The normalized spacial score (nSPS) is 43.8. The van der Waals surface area contributed by atoms with E-state index in [4.69, 9.17) is 14.2 Å². The van der Waals surface area contributed by atoms with Crippen LogP contribution in [0.2, 0.25) is 0 Å². The smallest absolute Gasteiger partial charge is 0.407 e. The van der Waals surface area contributed by atoms with E-state index >= 15 is 0 Å². The second-order valence-corrected chi connectivity index (χ2v) is 12.2. The van der Waals surface area contributed by atoms with Gasteiger partial charge in [-0.05, 0) is 56.1 Å². The summed E-state index contributed by atoms with van der Waals surface area (Å²) >= 11 is 4.08. The monoisotopic (exact) mass is 533 g/mol. The highest BCUT2D eigenvalue weighted by atomic mass is 32.1. The number of thiol groups is 1. The van der Waals surface area contributed by atoms with Gasteiger partial charge in [0.25, 0.3) is 0 Å². The van der Waals surface area contributed by atoms with Crippen LogP contribution >= 0.6 is 12.6 Å². The van der Waals surface area contributed by atoms with Gasteiger partial charge in [-0.3, -0.25) is 9.59 Å². The lowest BCUT2D eigenvalue weighted by molar-refractivity contribution is -0.200. The van der Waals surface area contributed by atoms with E-state index in [1.54, 1.807) is 12.2 Å². The Morgan fingerprint density at radius 3 is 2.84 bits per heavy atom. The van der Waals surface area contributed by atoms with Crippen molar-refractivity contribution in [2.45, 2.75) is 83.4 Å². The molecule has 1 aliphatic heterocycles. The summed E-state index contributed by atoms with van der Waals surface area (Å²) in [6.07, 6.45) is 7.18. The number of allylic oxidation sites excluding steroid dienone is 4. The summed E-state index contributed by atoms with van der Waals surface area (Å²) < 4.78 is 18.2. The Morgan fingerprint density at radius 2 is 2.11 bits per heavy atom.